The lowest BCUT2D eigenvalue weighted by Crippen LogP contribution is -1.87. The van der Waals surface area contributed by atoms with E-state index in [4.69, 9.17) is 5.26 Å². The minimum Gasteiger partial charge on any atom is -0.207 e. The highest BCUT2D eigenvalue weighted by molar-refractivity contribution is 8.11. The fraction of sp³-hybridized carbons (Fsp3) is 0.312. The largest absolute Gasteiger partial charge is 0.207 e. The molecular formula is C16H16FNS. The molecule has 1 atom stereocenters. The Bertz CT molecular complexity index is 581. The first-order chi connectivity index (χ1) is 9.12. The number of thioether (sulfide) groups is 1. The average molecular weight is 273 g/mol. The zero-order valence-corrected chi connectivity index (χ0v) is 11.9. The lowest BCUT2D eigenvalue weighted by molar-refractivity contribution is 0.627. The third kappa shape index (κ3) is 3.48. The highest BCUT2D eigenvalue weighted by Crippen LogP contribution is 2.39. The number of allylic oxidation sites excluding steroid dienone is 3. The van der Waals surface area contributed by atoms with Crippen molar-refractivity contribution in [2.75, 3.05) is 0 Å². The van der Waals surface area contributed by atoms with E-state index in [9.17, 15) is 4.39 Å². The highest BCUT2D eigenvalue weighted by Gasteiger charge is 2.13. The van der Waals surface area contributed by atoms with Crippen LogP contribution in [-0.4, -0.2) is 0 Å². The maximum atomic E-state index is 13.5. The first kappa shape index (κ1) is 13.9. The molecule has 1 aromatic rings. The van der Waals surface area contributed by atoms with Crippen LogP contribution in [0.2, 0.25) is 0 Å². The van der Waals surface area contributed by atoms with Crippen molar-refractivity contribution in [2.24, 2.45) is 5.92 Å². The number of halogens is 1. The zero-order valence-electron chi connectivity index (χ0n) is 11.1. The van der Waals surface area contributed by atoms with Crippen LogP contribution in [0, 0.1) is 23.1 Å². The van der Waals surface area contributed by atoms with Gasteiger partial charge in [-0.2, -0.15) is 5.26 Å². The molecule has 0 saturated carbocycles. The second-order valence-electron chi connectivity index (χ2n) is 4.71. The summed E-state index contributed by atoms with van der Waals surface area (Å²) in [5.74, 6) is 0.152. The topological polar surface area (TPSA) is 23.8 Å². The van der Waals surface area contributed by atoms with Gasteiger partial charge in [0.1, 0.15) is 5.82 Å². The minimum absolute atomic E-state index is 0.352. The van der Waals surface area contributed by atoms with E-state index in [2.05, 4.69) is 26.0 Å². The van der Waals surface area contributed by atoms with Crippen molar-refractivity contribution in [1.29, 1.82) is 5.26 Å². The molecule has 0 saturated heterocycles. The van der Waals surface area contributed by atoms with Crippen molar-refractivity contribution in [3.63, 3.8) is 0 Å². The van der Waals surface area contributed by atoms with Gasteiger partial charge in [-0.25, -0.2) is 4.39 Å². The lowest BCUT2D eigenvalue weighted by Gasteiger charge is -2.08. The summed E-state index contributed by atoms with van der Waals surface area (Å²) in [5.41, 5.74) is 1.17. The molecule has 0 N–H and O–H groups in total. The van der Waals surface area contributed by atoms with E-state index in [1.165, 1.54) is 17.0 Å². The van der Waals surface area contributed by atoms with Crippen LogP contribution in [-0.2, 0) is 0 Å². The summed E-state index contributed by atoms with van der Waals surface area (Å²) >= 11 is 1.68. The molecule has 0 bridgehead atoms. The van der Waals surface area contributed by atoms with Gasteiger partial charge in [-0.1, -0.05) is 37.8 Å². The number of hydrogen-bond donors (Lipinski definition) is 0. The van der Waals surface area contributed by atoms with Crippen LogP contribution < -0.4 is 0 Å². The van der Waals surface area contributed by atoms with Gasteiger partial charge >= 0.3 is 0 Å². The molecule has 19 heavy (non-hydrogen) atoms. The Morgan fingerprint density at radius 3 is 2.89 bits per heavy atom. The first-order valence-electron chi connectivity index (χ1n) is 6.42. The molecule has 1 aromatic carbocycles. The summed E-state index contributed by atoms with van der Waals surface area (Å²) in [5, 5.41) is 8.93. The van der Waals surface area contributed by atoms with Crippen LogP contribution >= 0.6 is 11.8 Å². The lowest BCUT2D eigenvalue weighted by atomic mass is 10.1. The molecule has 0 radical (unpaired) electrons. The van der Waals surface area contributed by atoms with Crippen LogP contribution in [0.4, 0.5) is 4.39 Å². The molecule has 1 nitrogen and oxygen atoms in total. The predicted molar refractivity (Wildman–Crippen MR) is 78.8 cm³/mol. The Morgan fingerprint density at radius 1 is 1.42 bits per heavy atom. The van der Waals surface area contributed by atoms with Crippen molar-refractivity contribution in [1.82, 2.24) is 0 Å². The second-order valence-corrected chi connectivity index (χ2v) is 5.88. The van der Waals surface area contributed by atoms with E-state index in [1.54, 1.807) is 17.8 Å². The molecule has 0 spiro atoms. The minimum atomic E-state index is -0.352. The third-order valence-corrected chi connectivity index (χ3v) is 4.36. The van der Waals surface area contributed by atoms with Gasteiger partial charge in [0, 0.05) is 4.91 Å². The van der Waals surface area contributed by atoms with E-state index < -0.39 is 0 Å². The molecule has 98 valence electrons. The van der Waals surface area contributed by atoms with Crippen molar-refractivity contribution >= 4 is 16.7 Å². The number of benzene rings is 1. The summed E-state index contributed by atoms with van der Waals surface area (Å²) in [7, 11) is 0. The van der Waals surface area contributed by atoms with Gasteiger partial charge in [0.25, 0.3) is 0 Å². The van der Waals surface area contributed by atoms with E-state index in [0.717, 1.165) is 23.3 Å². The van der Waals surface area contributed by atoms with Gasteiger partial charge < -0.3 is 0 Å². The van der Waals surface area contributed by atoms with Crippen LogP contribution in [0.5, 0.6) is 0 Å². The van der Waals surface area contributed by atoms with Crippen LogP contribution in [0.3, 0.4) is 0 Å². The normalized spacial score (nSPS) is 19.2. The predicted octanol–water partition coefficient (Wildman–Crippen LogP) is 5.11. The summed E-state index contributed by atoms with van der Waals surface area (Å²) in [6.07, 6.45) is 6.35. The van der Waals surface area contributed by atoms with Gasteiger partial charge in [-0.15, -0.1) is 0 Å². The molecule has 1 aliphatic heterocycles. The zero-order chi connectivity index (χ0) is 13.8. The van der Waals surface area contributed by atoms with E-state index in [1.807, 2.05) is 6.07 Å². The summed E-state index contributed by atoms with van der Waals surface area (Å²) in [6, 6.07) is 6.53. The molecule has 2 rings (SSSR count). The van der Waals surface area contributed by atoms with Gasteiger partial charge in [0.15, 0.2) is 0 Å². The van der Waals surface area contributed by atoms with Gasteiger partial charge in [0.2, 0.25) is 0 Å². The molecular weight excluding hydrogens is 257 g/mol. The Hall–Kier alpha value is -1.53. The van der Waals surface area contributed by atoms with Crippen molar-refractivity contribution in [3.8, 4) is 6.07 Å². The van der Waals surface area contributed by atoms with Crippen LogP contribution in [0.25, 0.3) is 4.91 Å². The molecule has 0 aliphatic carbocycles. The smallest absolute Gasteiger partial charge is 0.125 e. The Labute approximate surface area is 117 Å². The molecule has 0 fully saturated rings. The van der Waals surface area contributed by atoms with Crippen molar-refractivity contribution in [3.05, 3.63) is 52.2 Å². The Balaban J connectivity index is 2.39. The maximum Gasteiger partial charge on any atom is 0.125 e. The van der Waals surface area contributed by atoms with Crippen LogP contribution in [0.1, 0.15) is 37.8 Å². The molecule has 1 aliphatic rings. The fourth-order valence-corrected chi connectivity index (χ4v) is 3.20. The molecule has 0 amide bonds. The van der Waals surface area contributed by atoms with Gasteiger partial charge in [-0.05, 0) is 47.4 Å². The van der Waals surface area contributed by atoms with E-state index in [-0.39, 0.29) is 5.82 Å². The molecule has 1 heterocycles. The quantitative estimate of drug-likeness (QED) is 0.748. The Kier molecular flexibility index (Phi) is 4.44. The van der Waals surface area contributed by atoms with Crippen LogP contribution in [0.15, 0.2) is 35.3 Å². The van der Waals surface area contributed by atoms with E-state index in [0.29, 0.717) is 11.5 Å². The fourth-order valence-electron chi connectivity index (χ4n) is 2.06. The second kappa shape index (κ2) is 6.08. The van der Waals surface area contributed by atoms with Crippen molar-refractivity contribution < 1.29 is 4.39 Å². The maximum absolute atomic E-state index is 13.5. The molecule has 1 unspecified atom stereocenters. The highest BCUT2D eigenvalue weighted by atomic mass is 32.2. The van der Waals surface area contributed by atoms with Gasteiger partial charge in [-0.3, -0.25) is 0 Å². The number of hydrogen-bond acceptors (Lipinski definition) is 2. The SMILES string of the molecule is CCC1=CC(C)CC=C(c2cc(F)cc(C#N)c2)S1. The summed E-state index contributed by atoms with van der Waals surface area (Å²) < 4.78 is 13.5. The average Bonchev–Trinajstić information content (AvgIpc) is 2.59. The van der Waals surface area contributed by atoms with Crippen molar-refractivity contribution in [2.45, 2.75) is 26.7 Å². The number of nitrogens with zero attached hydrogens (tertiary/aromatic N) is 1. The Morgan fingerprint density at radius 2 is 2.21 bits per heavy atom. The monoisotopic (exact) mass is 273 g/mol. The third-order valence-electron chi connectivity index (χ3n) is 3.05. The first-order valence-corrected chi connectivity index (χ1v) is 7.23. The molecule has 3 heteroatoms. The van der Waals surface area contributed by atoms with E-state index >= 15 is 0 Å². The number of rotatable bonds is 2. The summed E-state index contributed by atoms with van der Waals surface area (Å²) in [6.45, 7) is 4.31. The summed E-state index contributed by atoms with van der Waals surface area (Å²) in [4.78, 5) is 2.35. The molecule has 0 aromatic heterocycles. The standard InChI is InChI=1S/C16H16FNS/c1-3-15-6-11(2)4-5-16(19-15)13-7-12(10-18)8-14(17)9-13/h5-9,11H,3-4H2,1-2H3. The van der Waals surface area contributed by atoms with Gasteiger partial charge in [0.05, 0.1) is 11.6 Å². The number of nitriles is 1.